The Morgan fingerprint density at radius 1 is 1.14 bits per heavy atom. The molecule has 1 fully saturated rings. The van der Waals surface area contributed by atoms with Gasteiger partial charge in [-0.2, -0.15) is 0 Å². The van der Waals surface area contributed by atoms with Crippen molar-refractivity contribution < 1.29 is 9.90 Å². The number of rotatable bonds is 4. The first-order valence-corrected chi connectivity index (χ1v) is 8.17. The fourth-order valence-electron chi connectivity index (χ4n) is 3.10. The average molecular weight is 309 g/mol. The van der Waals surface area contributed by atoms with Crippen LogP contribution >= 0.6 is 11.3 Å². The number of hydrogen-bond donors (Lipinski definition) is 1. The number of fused-ring (bicyclic) bond motifs is 1. The second-order valence-electron chi connectivity index (χ2n) is 5.88. The van der Waals surface area contributed by atoms with Crippen LogP contribution in [0.3, 0.4) is 0 Å². The summed E-state index contributed by atoms with van der Waals surface area (Å²) in [6.07, 6.45) is 2.09. The fourth-order valence-corrected chi connectivity index (χ4v) is 4.11. The number of hydrogen-bond acceptors (Lipinski definition) is 3. The van der Waals surface area contributed by atoms with Crippen LogP contribution < -0.4 is 0 Å². The molecule has 0 spiro atoms. The van der Waals surface area contributed by atoms with Crippen LogP contribution in [-0.2, 0) is 10.2 Å². The Kier molecular flexibility index (Phi) is 3.01. The predicted octanol–water partition coefficient (Wildman–Crippen LogP) is 4.47. The highest BCUT2D eigenvalue weighted by Crippen LogP contribution is 2.54. The van der Waals surface area contributed by atoms with Crippen molar-refractivity contribution in [2.45, 2.75) is 24.7 Å². The van der Waals surface area contributed by atoms with Crippen molar-refractivity contribution in [2.24, 2.45) is 0 Å². The first kappa shape index (κ1) is 13.5. The van der Waals surface area contributed by atoms with Crippen molar-refractivity contribution in [3.63, 3.8) is 0 Å². The van der Waals surface area contributed by atoms with Gasteiger partial charge >= 0.3 is 5.97 Å². The number of thiazole rings is 1. The molecule has 1 aliphatic rings. The molecule has 1 heterocycles. The Morgan fingerprint density at radius 2 is 1.86 bits per heavy atom. The van der Waals surface area contributed by atoms with E-state index in [2.05, 4.69) is 18.2 Å². The molecule has 4 rings (SSSR count). The van der Waals surface area contributed by atoms with Gasteiger partial charge in [0.2, 0.25) is 0 Å². The molecule has 0 bridgehead atoms. The Hall–Kier alpha value is -2.20. The van der Waals surface area contributed by atoms with Gasteiger partial charge in [0.05, 0.1) is 16.6 Å². The Morgan fingerprint density at radius 3 is 2.59 bits per heavy atom. The van der Waals surface area contributed by atoms with Crippen LogP contribution in [0.25, 0.3) is 20.8 Å². The Bertz CT molecular complexity index is 831. The third kappa shape index (κ3) is 2.20. The van der Waals surface area contributed by atoms with E-state index in [1.165, 1.54) is 0 Å². The van der Waals surface area contributed by atoms with Crippen molar-refractivity contribution in [1.82, 2.24) is 4.98 Å². The summed E-state index contributed by atoms with van der Waals surface area (Å²) in [6.45, 7) is 0. The molecule has 3 nitrogen and oxygen atoms in total. The highest BCUT2D eigenvalue weighted by molar-refractivity contribution is 7.21. The monoisotopic (exact) mass is 309 g/mol. The minimum absolute atomic E-state index is 0.194. The maximum absolute atomic E-state index is 11.2. The minimum Gasteiger partial charge on any atom is -0.481 e. The molecule has 1 saturated carbocycles. The zero-order valence-corrected chi connectivity index (χ0v) is 12.8. The molecule has 22 heavy (non-hydrogen) atoms. The van der Waals surface area contributed by atoms with Crippen LogP contribution in [0.15, 0.2) is 48.5 Å². The highest BCUT2D eigenvalue weighted by Gasteiger charge is 2.47. The summed E-state index contributed by atoms with van der Waals surface area (Å²) in [7, 11) is 0. The zero-order chi connectivity index (χ0) is 15.2. The maximum atomic E-state index is 11.2. The van der Waals surface area contributed by atoms with Crippen LogP contribution in [-0.4, -0.2) is 16.1 Å². The van der Waals surface area contributed by atoms with E-state index in [0.717, 1.165) is 39.2 Å². The van der Waals surface area contributed by atoms with Crippen molar-refractivity contribution in [1.29, 1.82) is 0 Å². The zero-order valence-electron chi connectivity index (χ0n) is 12.0. The molecule has 0 amide bonds. The summed E-state index contributed by atoms with van der Waals surface area (Å²) < 4.78 is 1.16. The smallest absolute Gasteiger partial charge is 0.304 e. The van der Waals surface area contributed by atoms with Gasteiger partial charge in [-0.25, -0.2) is 4.98 Å². The molecule has 0 atom stereocenters. The van der Waals surface area contributed by atoms with E-state index in [9.17, 15) is 9.90 Å². The van der Waals surface area contributed by atoms with E-state index >= 15 is 0 Å². The van der Waals surface area contributed by atoms with Crippen molar-refractivity contribution >= 4 is 27.5 Å². The quantitative estimate of drug-likeness (QED) is 0.773. The van der Waals surface area contributed by atoms with E-state index in [0.29, 0.717) is 0 Å². The van der Waals surface area contributed by atoms with E-state index in [4.69, 9.17) is 4.98 Å². The van der Waals surface area contributed by atoms with E-state index in [1.54, 1.807) is 11.3 Å². The highest BCUT2D eigenvalue weighted by atomic mass is 32.1. The number of para-hydroxylation sites is 1. The van der Waals surface area contributed by atoms with Gasteiger partial charge in [-0.3, -0.25) is 4.79 Å². The molecule has 0 unspecified atom stereocenters. The van der Waals surface area contributed by atoms with Gasteiger partial charge in [-0.05, 0) is 30.5 Å². The third-order valence-electron chi connectivity index (χ3n) is 4.37. The lowest BCUT2D eigenvalue weighted by Gasteiger charge is -2.16. The number of carbonyl (C=O) groups is 1. The number of aromatic nitrogens is 1. The standard InChI is InChI=1S/C18H15NO2S/c20-16(21)11-18(9-10-18)13-6-2-1-5-12(13)17-19-14-7-3-4-8-15(14)22-17/h1-8H,9-11H2,(H,20,21). The largest absolute Gasteiger partial charge is 0.481 e. The second kappa shape index (κ2) is 4.92. The Balaban J connectivity index is 1.84. The van der Waals surface area contributed by atoms with Crippen LogP contribution in [0.2, 0.25) is 0 Å². The van der Waals surface area contributed by atoms with Crippen molar-refractivity contribution in [3.05, 3.63) is 54.1 Å². The molecule has 1 aromatic heterocycles. The van der Waals surface area contributed by atoms with E-state index in [1.807, 2.05) is 30.3 Å². The molecule has 110 valence electrons. The van der Waals surface area contributed by atoms with Gasteiger partial charge in [-0.15, -0.1) is 11.3 Å². The molecule has 1 N–H and O–H groups in total. The van der Waals surface area contributed by atoms with Gasteiger partial charge in [0, 0.05) is 11.0 Å². The fraction of sp³-hybridized carbons (Fsp3) is 0.222. The van der Waals surface area contributed by atoms with Crippen LogP contribution in [0.4, 0.5) is 0 Å². The molecular formula is C18H15NO2S. The van der Waals surface area contributed by atoms with Crippen LogP contribution in [0.5, 0.6) is 0 Å². The summed E-state index contributed by atoms with van der Waals surface area (Å²) in [5.41, 5.74) is 3.03. The predicted molar refractivity (Wildman–Crippen MR) is 88.2 cm³/mol. The first-order valence-electron chi connectivity index (χ1n) is 7.35. The molecule has 3 aromatic rings. The molecule has 0 saturated heterocycles. The lowest BCUT2D eigenvalue weighted by Crippen LogP contribution is -2.14. The SMILES string of the molecule is O=C(O)CC1(c2ccccc2-c2nc3ccccc3s2)CC1. The van der Waals surface area contributed by atoms with Crippen LogP contribution in [0.1, 0.15) is 24.8 Å². The first-order chi connectivity index (χ1) is 10.7. The van der Waals surface area contributed by atoms with Gasteiger partial charge in [0.25, 0.3) is 0 Å². The molecule has 0 aliphatic heterocycles. The van der Waals surface area contributed by atoms with Crippen LogP contribution in [0, 0.1) is 0 Å². The van der Waals surface area contributed by atoms with E-state index in [-0.39, 0.29) is 11.8 Å². The normalized spacial score (nSPS) is 15.8. The minimum atomic E-state index is -0.725. The van der Waals surface area contributed by atoms with Crippen molar-refractivity contribution in [3.8, 4) is 10.6 Å². The topological polar surface area (TPSA) is 50.2 Å². The average Bonchev–Trinajstić information content (AvgIpc) is 3.15. The number of carboxylic acid groups (broad SMARTS) is 1. The molecule has 2 aromatic carbocycles. The lowest BCUT2D eigenvalue weighted by molar-refractivity contribution is -0.137. The number of benzene rings is 2. The maximum Gasteiger partial charge on any atom is 0.304 e. The summed E-state index contributed by atoms with van der Waals surface area (Å²) in [4.78, 5) is 15.9. The van der Waals surface area contributed by atoms with Crippen molar-refractivity contribution in [2.75, 3.05) is 0 Å². The molecule has 1 aliphatic carbocycles. The Labute approximate surface area is 132 Å². The number of aliphatic carboxylic acids is 1. The number of nitrogens with zero attached hydrogens (tertiary/aromatic N) is 1. The van der Waals surface area contributed by atoms with Gasteiger partial charge in [0.15, 0.2) is 0 Å². The molecular weight excluding hydrogens is 294 g/mol. The van der Waals surface area contributed by atoms with E-state index < -0.39 is 5.97 Å². The summed E-state index contributed by atoms with van der Waals surface area (Å²) in [5.74, 6) is -0.725. The summed E-state index contributed by atoms with van der Waals surface area (Å²) in [6, 6.07) is 16.2. The lowest BCUT2D eigenvalue weighted by atomic mass is 9.88. The van der Waals surface area contributed by atoms with Gasteiger partial charge in [0.1, 0.15) is 5.01 Å². The number of carboxylic acids is 1. The summed E-state index contributed by atoms with van der Waals surface area (Å²) >= 11 is 1.67. The second-order valence-corrected chi connectivity index (χ2v) is 6.91. The molecule has 0 radical (unpaired) electrons. The van der Waals surface area contributed by atoms with Gasteiger partial charge in [-0.1, -0.05) is 36.4 Å². The summed E-state index contributed by atoms with van der Waals surface area (Å²) in [5, 5.41) is 10.2. The molecule has 4 heteroatoms. The van der Waals surface area contributed by atoms with Gasteiger partial charge < -0.3 is 5.11 Å². The third-order valence-corrected chi connectivity index (χ3v) is 5.44.